The van der Waals surface area contributed by atoms with Crippen LogP contribution in [0.3, 0.4) is 0 Å². The highest BCUT2D eigenvalue weighted by Gasteiger charge is 2.08. The number of benzene rings is 1. The normalized spacial score (nSPS) is 10.2. The third-order valence-corrected chi connectivity index (χ3v) is 2.29. The first kappa shape index (κ1) is 11.8. The lowest BCUT2D eigenvalue weighted by molar-refractivity contribution is -0.115. The molecule has 2 aromatic rings. The number of aromatic nitrogens is 4. The molecule has 0 aliphatic heterocycles. The number of anilines is 1. The van der Waals surface area contributed by atoms with Crippen molar-refractivity contribution in [3.05, 3.63) is 34.1 Å². The fourth-order valence-electron chi connectivity index (χ4n) is 1.23. The number of aromatic amines is 1. The standard InChI is InChI=1S/C9H7Cl2N5O/c10-5-1-6(11)3-7(2-5)12-9(17)4-8-13-15-16-14-8/h1-3H,4H2,(H,12,17)(H,13,14,15,16). The highest BCUT2D eigenvalue weighted by Crippen LogP contribution is 2.22. The van der Waals surface area contributed by atoms with Crippen LogP contribution in [0.4, 0.5) is 5.69 Å². The van der Waals surface area contributed by atoms with Crippen LogP contribution in [-0.2, 0) is 11.2 Å². The number of H-pyrrole nitrogens is 1. The number of halogens is 2. The highest BCUT2D eigenvalue weighted by molar-refractivity contribution is 6.35. The Balaban J connectivity index is 2.03. The molecule has 0 bridgehead atoms. The van der Waals surface area contributed by atoms with Gasteiger partial charge in [0.05, 0.1) is 6.42 Å². The lowest BCUT2D eigenvalue weighted by Gasteiger charge is -2.04. The molecule has 0 aliphatic rings. The van der Waals surface area contributed by atoms with Gasteiger partial charge in [-0.15, -0.1) is 10.2 Å². The molecular weight excluding hydrogens is 265 g/mol. The molecule has 2 N–H and O–H groups in total. The molecule has 0 saturated heterocycles. The van der Waals surface area contributed by atoms with Gasteiger partial charge in [0.1, 0.15) is 0 Å². The average molecular weight is 272 g/mol. The minimum atomic E-state index is -0.273. The average Bonchev–Trinajstić information content (AvgIpc) is 2.67. The smallest absolute Gasteiger partial charge is 0.232 e. The zero-order chi connectivity index (χ0) is 12.3. The number of nitrogens with zero attached hydrogens (tertiary/aromatic N) is 3. The molecular formula is C9H7Cl2N5O. The number of hydrogen-bond donors (Lipinski definition) is 2. The second kappa shape index (κ2) is 5.11. The number of nitrogens with one attached hydrogen (secondary N) is 2. The summed E-state index contributed by atoms with van der Waals surface area (Å²) in [6.45, 7) is 0. The number of tetrazole rings is 1. The molecule has 17 heavy (non-hydrogen) atoms. The number of amides is 1. The van der Waals surface area contributed by atoms with E-state index in [9.17, 15) is 4.79 Å². The molecule has 0 spiro atoms. The summed E-state index contributed by atoms with van der Waals surface area (Å²) in [5, 5.41) is 16.5. The number of hydrogen-bond acceptors (Lipinski definition) is 4. The summed E-state index contributed by atoms with van der Waals surface area (Å²) in [4.78, 5) is 11.6. The first-order valence-corrected chi connectivity index (χ1v) is 5.37. The van der Waals surface area contributed by atoms with Crippen LogP contribution >= 0.6 is 23.2 Å². The number of rotatable bonds is 3. The van der Waals surface area contributed by atoms with Crippen molar-refractivity contribution < 1.29 is 4.79 Å². The van der Waals surface area contributed by atoms with Crippen LogP contribution in [0.5, 0.6) is 0 Å². The molecule has 1 aromatic carbocycles. The zero-order valence-electron chi connectivity index (χ0n) is 8.44. The van der Waals surface area contributed by atoms with Crippen molar-refractivity contribution in [1.82, 2.24) is 20.6 Å². The Labute approximate surface area is 106 Å². The van der Waals surface area contributed by atoms with E-state index in [4.69, 9.17) is 23.2 Å². The fraction of sp³-hybridized carbons (Fsp3) is 0.111. The first-order valence-electron chi connectivity index (χ1n) is 4.62. The Bertz CT molecular complexity index is 508. The maximum Gasteiger partial charge on any atom is 0.232 e. The number of carbonyl (C=O) groups excluding carboxylic acids is 1. The molecule has 0 unspecified atom stereocenters. The van der Waals surface area contributed by atoms with Crippen LogP contribution in [0, 0.1) is 0 Å². The van der Waals surface area contributed by atoms with Crippen LogP contribution in [-0.4, -0.2) is 26.5 Å². The third-order valence-electron chi connectivity index (χ3n) is 1.85. The molecule has 1 aromatic heterocycles. The van der Waals surface area contributed by atoms with Crippen molar-refractivity contribution in [3.63, 3.8) is 0 Å². The summed E-state index contributed by atoms with van der Waals surface area (Å²) < 4.78 is 0. The molecule has 1 amide bonds. The van der Waals surface area contributed by atoms with Crippen molar-refractivity contribution >= 4 is 34.8 Å². The summed E-state index contributed by atoms with van der Waals surface area (Å²) in [6.07, 6.45) is 0.0284. The van der Waals surface area contributed by atoms with Gasteiger partial charge in [0.25, 0.3) is 0 Å². The summed E-state index contributed by atoms with van der Waals surface area (Å²) in [5.41, 5.74) is 0.524. The van der Waals surface area contributed by atoms with E-state index in [2.05, 4.69) is 25.9 Å². The van der Waals surface area contributed by atoms with Gasteiger partial charge in [-0.2, -0.15) is 5.21 Å². The molecule has 0 fully saturated rings. The van der Waals surface area contributed by atoms with E-state index < -0.39 is 0 Å². The zero-order valence-corrected chi connectivity index (χ0v) is 9.96. The highest BCUT2D eigenvalue weighted by atomic mass is 35.5. The van der Waals surface area contributed by atoms with E-state index in [1.807, 2.05) is 0 Å². The quantitative estimate of drug-likeness (QED) is 0.890. The van der Waals surface area contributed by atoms with Crippen LogP contribution in [0.2, 0.25) is 10.0 Å². The molecule has 88 valence electrons. The van der Waals surface area contributed by atoms with Gasteiger partial charge in [0, 0.05) is 15.7 Å². The second-order valence-electron chi connectivity index (χ2n) is 3.21. The summed E-state index contributed by atoms with van der Waals surface area (Å²) in [5.74, 6) is 0.0420. The van der Waals surface area contributed by atoms with Crippen molar-refractivity contribution in [1.29, 1.82) is 0 Å². The topological polar surface area (TPSA) is 83.6 Å². The van der Waals surface area contributed by atoms with Gasteiger partial charge >= 0.3 is 0 Å². The van der Waals surface area contributed by atoms with Crippen LogP contribution < -0.4 is 5.32 Å². The monoisotopic (exact) mass is 271 g/mol. The Morgan fingerprint density at radius 1 is 1.29 bits per heavy atom. The van der Waals surface area contributed by atoms with Crippen molar-refractivity contribution in [3.8, 4) is 0 Å². The summed E-state index contributed by atoms with van der Waals surface area (Å²) >= 11 is 11.6. The van der Waals surface area contributed by atoms with Gasteiger partial charge in [0.2, 0.25) is 5.91 Å². The predicted octanol–water partition coefficient (Wildman–Crippen LogP) is 1.69. The van der Waals surface area contributed by atoms with E-state index >= 15 is 0 Å². The van der Waals surface area contributed by atoms with E-state index in [0.29, 0.717) is 21.6 Å². The predicted molar refractivity (Wildman–Crippen MR) is 63.0 cm³/mol. The molecule has 1 heterocycles. The number of carbonyl (C=O) groups is 1. The molecule has 8 heteroatoms. The fourth-order valence-corrected chi connectivity index (χ4v) is 1.76. The Morgan fingerprint density at radius 3 is 2.59 bits per heavy atom. The molecule has 2 rings (SSSR count). The van der Waals surface area contributed by atoms with Crippen LogP contribution in [0.15, 0.2) is 18.2 Å². The van der Waals surface area contributed by atoms with Gasteiger partial charge < -0.3 is 5.32 Å². The lowest BCUT2D eigenvalue weighted by Crippen LogP contribution is -2.15. The minimum absolute atomic E-state index is 0.0284. The Hall–Kier alpha value is -1.66. The van der Waals surface area contributed by atoms with Gasteiger partial charge in [-0.1, -0.05) is 28.4 Å². The maximum absolute atomic E-state index is 11.6. The lowest BCUT2D eigenvalue weighted by atomic mass is 10.3. The van der Waals surface area contributed by atoms with Gasteiger partial charge in [-0.3, -0.25) is 4.79 Å². The van der Waals surface area contributed by atoms with E-state index in [1.54, 1.807) is 18.2 Å². The van der Waals surface area contributed by atoms with Crippen molar-refractivity contribution in [2.75, 3.05) is 5.32 Å². The second-order valence-corrected chi connectivity index (χ2v) is 4.08. The van der Waals surface area contributed by atoms with Gasteiger partial charge in [-0.25, -0.2) is 0 Å². The molecule has 0 saturated carbocycles. The van der Waals surface area contributed by atoms with Gasteiger partial charge in [0.15, 0.2) is 5.82 Å². The van der Waals surface area contributed by atoms with E-state index in [0.717, 1.165) is 0 Å². The maximum atomic E-state index is 11.6. The molecule has 6 nitrogen and oxygen atoms in total. The van der Waals surface area contributed by atoms with Crippen molar-refractivity contribution in [2.45, 2.75) is 6.42 Å². The Morgan fingerprint density at radius 2 is 2.00 bits per heavy atom. The minimum Gasteiger partial charge on any atom is -0.326 e. The Kier molecular flexibility index (Phi) is 3.55. The molecule has 0 radical (unpaired) electrons. The van der Waals surface area contributed by atoms with Crippen molar-refractivity contribution in [2.24, 2.45) is 0 Å². The largest absolute Gasteiger partial charge is 0.326 e. The summed E-state index contributed by atoms with van der Waals surface area (Å²) in [6, 6.07) is 4.78. The third kappa shape index (κ3) is 3.40. The SMILES string of the molecule is O=C(Cc1nn[nH]n1)Nc1cc(Cl)cc(Cl)c1. The van der Waals surface area contributed by atoms with E-state index in [-0.39, 0.29) is 12.3 Å². The molecule has 0 atom stereocenters. The first-order chi connectivity index (χ1) is 8.13. The van der Waals surface area contributed by atoms with E-state index in [1.165, 1.54) is 0 Å². The summed E-state index contributed by atoms with van der Waals surface area (Å²) in [7, 11) is 0. The molecule has 0 aliphatic carbocycles. The van der Waals surface area contributed by atoms with Crippen LogP contribution in [0.25, 0.3) is 0 Å². The van der Waals surface area contributed by atoms with Crippen LogP contribution in [0.1, 0.15) is 5.82 Å². The van der Waals surface area contributed by atoms with Gasteiger partial charge in [-0.05, 0) is 18.2 Å².